The Morgan fingerprint density at radius 1 is 1.21 bits per heavy atom. The van der Waals surface area contributed by atoms with Crippen LogP contribution in [0, 0.1) is 5.82 Å². The largest absolute Gasteiger partial charge is 0.491 e. The van der Waals surface area contributed by atoms with Crippen molar-refractivity contribution in [1.29, 1.82) is 0 Å². The first-order valence-electron chi connectivity index (χ1n) is 11.5. The molecule has 33 heavy (non-hydrogen) atoms. The third-order valence-electron chi connectivity index (χ3n) is 6.97. The van der Waals surface area contributed by atoms with E-state index in [0.29, 0.717) is 29.2 Å². The Bertz CT molecular complexity index is 1260. The highest BCUT2D eigenvalue weighted by atomic mass is 32.2. The number of nitrogens with zero attached hydrogens (tertiary/aromatic N) is 4. The van der Waals surface area contributed by atoms with Crippen molar-refractivity contribution in [3.8, 4) is 5.75 Å². The van der Waals surface area contributed by atoms with Crippen molar-refractivity contribution >= 4 is 23.0 Å². The lowest BCUT2D eigenvalue weighted by molar-refractivity contribution is 0.194. The molecule has 3 aliphatic rings. The minimum atomic E-state index is -0.231. The Labute approximate surface area is 195 Å². The number of pyridine rings is 1. The van der Waals surface area contributed by atoms with E-state index in [9.17, 15) is 9.18 Å². The number of hydrogen-bond donors (Lipinski definition) is 1. The molecule has 0 bridgehead atoms. The maximum absolute atomic E-state index is 14.7. The van der Waals surface area contributed by atoms with E-state index in [1.165, 1.54) is 17.8 Å². The van der Waals surface area contributed by atoms with Crippen molar-refractivity contribution in [3.05, 3.63) is 63.6 Å². The maximum atomic E-state index is 14.7. The molecule has 1 aromatic carbocycles. The second-order valence-corrected chi connectivity index (χ2v) is 9.91. The van der Waals surface area contributed by atoms with Crippen LogP contribution in [0.1, 0.15) is 35.6 Å². The third-order valence-corrected chi connectivity index (χ3v) is 7.91. The van der Waals surface area contributed by atoms with Gasteiger partial charge in [0.2, 0.25) is 0 Å². The summed E-state index contributed by atoms with van der Waals surface area (Å²) in [5, 5.41) is 0. The zero-order valence-electron chi connectivity index (χ0n) is 18.3. The summed E-state index contributed by atoms with van der Waals surface area (Å²) in [7, 11) is 0. The highest BCUT2D eigenvalue weighted by Gasteiger charge is 2.31. The average Bonchev–Trinajstić information content (AvgIpc) is 3.45. The number of aromatic nitrogens is 3. The fourth-order valence-corrected chi connectivity index (χ4v) is 6.14. The van der Waals surface area contributed by atoms with Crippen molar-refractivity contribution < 1.29 is 9.13 Å². The van der Waals surface area contributed by atoms with Gasteiger partial charge in [-0.15, -0.1) is 0 Å². The van der Waals surface area contributed by atoms with Crippen LogP contribution >= 0.6 is 11.9 Å². The van der Waals surface area contributed by atoms with E-state index >= 15 is 0 Å². The number of hydrogen-bond acceptors (Lipinski definition) is 7. The molecule has 1 saturated heterocycles. The quantitative estimate of drug-likeness (QED) is 0.559. The van der Waals surface area contributed by atoms with Crippen LogP contribution in [-0.2, 0) is 18.7 Å². The van der Waals surface area contributed by atoms with Gasteiger partial charge in [0.1, 0.15) is 11.6 Å². The van der Waals surface area contributed by atoms with Gasteiger partial charge in [-0.1, -0.05) is 11.9 Å². The Hall–Kier alpha value is -2.49. The number of likely N-dealkylation sites (tertiary alicyclic amines) is 1. The van der Waals surface area contributed by atoms with Crippen LogP contribution < -0.4 is 15.0 Å². The zero-order chi connectivity index (χ0) is 22.4. The Balaban J connectivity index is 1.02. The highest BCUT2D eigenvalue weighted by Crippen LogP contribution is 2.35. The van der Waals surface area contributed by atoms with Crippen LogP contribution in [0.2, 0.25) is 0 Å². The van der Waals surface area contributed by atoms with Crippen LogP contribution in [0.3, 0.4) is 0 Å². The summed E-state index contributed by atoms with van der Waals surface area (Å²) >= 11 is 1.72. The lowest BCUT2D eigenvalue weighted by Gasteiger charge is -2.33. The SMILES string of the molecule is O=c1cnc2ccc(F)c3c2n1CC3CN1CCC(NSCc2cc3c(cn2)OCC3)CC1. The second kappa shape index (κ2) is 8.70. The molecular formula is C24H26FN5O2S. The van der Waals surface area contributed by atoms with Gasteiger partial charge in [-0.25, -0.2) is 9.37 Å². The summed E-state index contributed by atoms with van der Waals surface area (Å²) in [5.74, 6) is 1.51. The van der Waals surface area contributed by atoms with Gasteiger partial charge in [-0.2, -0.15) is 0 Å². The summed E-state index contributed by atoms with van der Waals surface area (Å²) in [4.78, 5) is 23.4. The van der Waals surface area contributed by atoms with Gasteiger partial charge in [0, 0.05) is 42.6 Å². The van der Waals surface area contributed by atoms with Crippen LogP contribution in [0.25, 0.3) is 11.0 Å². The number of rotatable bonds is 6. The van der Waals surface area contributed by atoms with Crippen molar-refractivity contribution in [2.24, 2.45) is 0 Å². The van der Waals surface area contributed by atoms with Crippen molar-refractivity contribution in [3.63, 3.8) is 0 Å². The maximum Gasteiger partial charge on any atom is 0.269 e. The van der Waals surface area contributed by atoms with Crippen molar-refractivity contribution in [1.82, 2.24) is 24.2 Å². The molecular weight excluding hydrogens is 441 g/mol. The molecule has 1 unspecified atom stereocenters. The highest BCUT2D eigenvalue weighted by molar-refractivity contribution is 7.96. The van der Waals surface area contributed by atoms with E-state index in [1.807, 2.05) is 6.20 Å². The molecule has 0 radical (unpaired) electrons. The number of ether oxygens (including phenoxy) is 1. The molecule has 172 valence electrons. The van der Waals surface area contributed by atoms with E-state index in [1.54, 1.807) is 22.6 Å². The molecule has 6 rings (SSSR count). The van der Waals surface area contributed by atoms with Gasteiger partial charge in [-0.3, -0.25) is 14.5 Å². The number of fused-ring (bicyclic) bond motifs is 1. The number of halogens is 1. The Morgan fingerprint density at radius 3 is 2.97 bits per heavy atom. The summed E-state index contributed by atoms with van der Waals surface area (Å²) in [6, 6.07) is 5.75. The number of nitrogens with one attached hydrogen (secondary N) is 1. The van der Waals surface area contributed by atoms with Gasteiger partial charge in [0.15, 0.2) is 0 Å². The van der Waals surface area contributed by atoms with E-state index in [4.69, 9.17) is 4.74 Å². The molecule has 1 N–H and O–H groups in total. The molecule has 9 heteroatoms. The molecule has 1 fully saturated rings. The molecule has 0 spiro atoms. The normalized spacial score (nSPS) is 20.3. The van der Waals surface area contributed by atoms with Crippen LogP contribution in [0.4, 0.5) is 4.39 Å². The number of piperidine rings is 1. The molecule has 1 atom stereocenters. The zero-order valence-corrected chi connectivity index (χ0v) is 19.1. The molecule has 3 aromatic rings. The third kappa shape index (κ3) is 4.02. The van der Waals surface area contributed by atoms with E-state index in [-0.39, 0.29) is 17.3 Å². The van der Waals surface area contributed by atoms with E-state index in [0.717, 1.165) is 62.7 Å². The van der Waals surface area contributed by atoms with Gasteiger partial charge in [0.25, 0.3) is 5.56 Å². The predicted molar refractivity (Wildman–Crippen MR) is 126 cm³/mol. The molecule has 0 amide bonds. The van der Waals surface area contributed by atoms with Crippen LogP contribution in [0.15, 0.2) is 35.4 Å². The standard InChI is InChI=1S/C24H26FN5O2S/c25-19-1-2-20-24-23(19)16(13-30(24)22(31)11-27-20)12-29-6-3-17(4-7-29)28-33-14-18-9-15-5-8-32-21(15)10-26-18/h1-2,9-11,16-17,28H,3-8,12-14H2. The van der Waals surface area contributed by atoms with Gasteiger partial charge < -0.3 is 14.2 Å². The first-order valence-corrected chi connectivity index (χ1v) is 12.5. The summed E-state index contributed by atoms with van der Waals surface area (Å²) in [6.07, 6.45) is 6.24. The smallest absolute Gasteiger partial charge is 0.269 e. The topological polar surface area (TPSA) is 72.3 Å². The van der Waals surface area contributed by atoms with Gasteiger partial charge in [-0.05, 0) is 44.1 Å². The molecule has 7 nitrogen and oxygen atoms in total. The Morgan fingerprint density at radius 2 is 2.09 bits per heavy atom. The van der Waals surface area contributed by atoms with Crippen molar-refractivity contribution in [2.45, 2.75) is 43.5 Å². The minimum absolute atomic E-state index is 0.0145. The average molecular weight is 468 g/mol. The molecule has 5 heterocycles. The van der Waals surface area contributed by atoms with Crippen LogP contribution in [-0.4, -0.2) is 51.7 Å². The van der Waals surface area contributed by atoms with Gasteiger partial charge >= 0.3 is 0 Å². The lowest BCUT2D eigenvalue weighted by Crippen LogP contribution is -2.42. The summed E-state index contributed by atoms with van der Waals surface area (Å²) < 4.78 is 25.5. The minimum Gasteiger partial charge on any atom is -0.491 e. The molecule has 0 aliphatic carbocycles. The predicted octanol–water partition coefficient (Wildman–Crippen LogP) is 2.87. The Kier molecular flexibility index (Phi) is 5.55. The van der Waals surface area contributed by atoms with E-state index in [2.05, 4.69) is 25.7 Å². The fourth-order valence-electron chi connectivity index (χ4n) is 5.28. The first-order chi connectivity index (χ1) is 16.2. The second-order valence-electron chi connectivity index (χ2n) is 9.10. The van der Waals surface area contributed by atoms with Gasteiger partial charge in [0.05, 0.1) is 41.5 Å². The molecule has 0 saturated carbocycles. The lowest BCUT2D eigenvalue weighted by atomic mass is 9.97. The molecule has 2 aromatic heterocycles. The molecule has 3 aliphatic heterocycles. The monoisotopic (exact) mass is 467 g/mol. The fraction of sp³-hybridized carbons (Fsp3) is 0.458. The number of benzene rings is 1. The summed E-state index contributed by atoms with van der Waals surface area (Å²) in [5.41, 5.74) is 4.21. The summed E-state index contributed by atoms with van der Waals surface area (Å²) in [6.45, 7) is 3.97. The van der Waals surface area contributed by atoms with E-state index < -0.39 is 0 Å². The van der Waals surface area contributed by atoms with Crippen LogP contribution in [0.5, 0.6) is 5.75 Å². The first kappa shape index (κ1) is 21.1. The van der Waals surface area contributed by atoms with Crippen molar-refractivity contribution in [2.75, 3.05) is 26.2 Å².